The van der Waals surface area contributed by atoms with Crippen LogP contribution < -0.4 is 0 Å². The second-order valence-corrected chi connectivity index (χ2v) is 3.57. The highest BCUT2D eigenvalue weighted by Gasteiger charge is 2.10. The average Bonchev–Trinajstić information content (AvgIpc) is 2.29. The SMILES string of the molecule is C/C=C(\C)N1CCCN(C)CC1. The molecule has 1 rings (SSSR count). The van der Waals surface area contributed by atoms with Crippen LogP contribution in [0.4, 0.5) is 0 Å². The molecule has 0 saturated carbocycles. The van der Waals surface area contributed by atoms with E-state index in [0.717, 1.165) is 0 Å². The Balaban J connectivity index is 2.46. The van der Waals surface area contributed by atoms with Gasteiger partial charge in [-0.05, 0) is 33.9 Å². The predicted molar refractivity (Wildman–Crippen MR) is 53.1 cm³/mol. The zero-order valence-corrected chi connectivity index (χ0v) is 8.51. The zero-order valence-electron chi connectivity index (χ0n) is 8.51. The van der Waals surface area contributed by atoms with Crippen molar-refractivity contribution in [2.45, 2.75) is 20.3 Å². The Morgan fingerprint density at radius 2 is 1.92 bits per heavy atom. The summed E-state index contributed by atoms with van der Waals surface area (Å²) in [7, 11) is 2.20. The molecule has 70 valence electrons. The van der Waals surface area contributed by atoms with Gasteiger partial charge in [-0.3, -0.25) is 0 Å². The van der Waals surface area contributed by atoms with E-state index in [1.54, 1.807) is 0 Å². The van der Waals surface area contributed by atoms with Crippen molar-refractivity contribution in [3.05, 3.63) is 11.8 Å². The van der Waals surface area contributed by atoms with E-state index < -0.39 is 0 Å². The van der Waals surface area contributed by atoms with E-state index in [9.17, 15) is 0 Å². The Bertz CT molecular complexity index is 163. The number of hydrogen-bond acceptors (Lipinski definition) is 2. The number of nitrogens with zero attached hydrogens (tertiary/aromatic N) is 2. The smallest absolute Gasteiger partial charge is 0.0302 e. The van der Waals surface area contributed by atoms with E-state index in [1.807, 2.05) is 0 Å². The van der Waals surface area contributed by atoms with Gasteiger partial charge in [0.15, 0.2) is 0 Å². The Labute approximate surface area is 75.8 Å². The number of rotatable bonds is 1. The number of hydrogen-bond donors (Lipinski definition) is 0. The van der Waals surface area contributed by atoms with Crippen molar-refractivity contribution in [3.8, 4) is 0 Å². The Hall–Kier alpha value is -0.500. The first-order valence-corrected chi connectivity index (χ1v) is 4.80. The summed E-state index contributed by atoms with van der Waals surface area (Å²) in [5.41, 5.74) is 1.42. The van der Waals surface area contributed by atoms with Crippen molar-refractivity contribution in [2.75, 3.05) is 33.2 Å². The van der Waals surface area contributed by atoms with Crippen LogP contribution in [0.25, 0.3) is 0 Å². The maximum Gasteiger partial charge on any atom is 0.0302 e. The summed E-state index contributed by atoms with van der Waals surface area (Å²) in [6.07, 6.45) is 3.49. The molecule has 0 bridgehead atoms. The molecule has 0 atom stereocenters. The van der Waals surface area contributed by atoms with Gasteiger partial charge in [0.05, 0.1) is 0 Å². The third-order valence-electron chi connectivity index (χ3n) is 2.64. The molecule has 0 radical (unpaired) electrons. The molecular weight excluding hydrogens is 148 g/mol. The summed E-state index contributed by atoms with van der Waals surface area (Å²) >= 11 is 0. The fourth-order valence-electron chi connectivity index (χ4n) is 1.58. The van der Waals surface area contributed by atoms with E-state index in [0.29, 0.717) is 0 Å². The molecule has 1 aliphatic heterocycles. The second-order valence-electron chi connectivity index (χ2n) is 3.57. The summed E-state index contributed by atoms with van der Waals surface area (Å²) in [5.74, 6) is 0. The summed E-state index contributed by atoms with van der Waals surface area (Å²) in [6, 6.07) is 0. The maximum absolute atomic E-state index is 2.48. The van der Waals surface area contributed by atoms with E-state index in [2.05, 4.69) is 36.8 Å². The molecule has 1 saturated heterocycles. The summed E-state index contributed by atoms with van der Waals surface area (Å²) in [6.45, 7) is 9.17. The lowest BCUT2D eigenvalue weighted by atomic mass is 10.3. The summed E-state index contributed by atoms with van der Waals surface area (Å²) < 4.78 is 0. The minimum atomic E-state index is 1.19. The van der Waals surface area contributed by atoms with Gasteiger partial charge < -0.3 is 9.80 Å². The van der Waals surface area contributed by atoms with E-state index in [4.69, 9.17) is 0 Å². The Morgan fingerprint density at radius 3 is 2.58 bits per heavy atom. The maximum atomic E-state index is 2.48. The Kier molecular flexibility index (Phi) is 3.60. The molecule has 0 aromatic carbocycles. The molecule has 0 unspecified atom stereocenters. The molecule has 1 heterocycles. The predicted octanol–water partition coefficient (Wildman–Crippen LogP) is 1.55. The fraction of sp³-hybridized carbons (Fsp3) is 0.800. The fourth-order valence-corrected chi connectivity index (χ4v) is 1.58. The van der Waals surface area contributed by atoms with Gasteiger partial charge >= 0.3 is 0 Å². The molecule has 0 amide bonds. The van der Waals surface area contributed by atoms with Crippen molar-refractivity contribution >= 4 is 0 Å². The Morgan fingerprint density at radius 1 is 1.17 bits per heavy atom. The van der Waals surface area contributed by atoms with E-state index in [-0.39, 0.29) is 0 Å². The molecule has 1 fully saturated rings. The number of allylic oxidation sites excluding steroid dienone is 2. The van der Waals surface area contributed by atoms with Crippen LogP contribution in [0.3, 0.4) is 0 Å². The van der Waals surface area contributed by atoms with E-state index in [1.165, 1.54) is 38.3 Å². The molecule has 0 spiro atoms. The van der Waals surface area contributed by atoms with Crippen LogP contribution in [0.2, 0.25) is 0 Å². The van der Waals surface area contributed by atoms with Crippen molar-refractivity contribution in [2.24, 2.45) is 0 Å². The minimum Gasteiger partial charge on any atom is -0.374 e. The van der Waals surface area contributed by atoms with Gasteiger partial charge in [-0.15, -0.1) is 0 Å². The van der Waals surface area contributed by atoms with Crippen LogP contribution in [-0.4, -0.2) is 43.0 Å². The highest BCUT2D eigenvalue weighted by atomic mass is 15.2. The molecule has 2 heteroatoms. The van der Waals surface area contributed by atoms with Crippen molar-refractivity contribution < 1.29 is 0 Å². The molecule has 0 aromatic heterocycles. The second kappa shape index (κ2) is 4.51. The van der Waals surface area contributed by atoms with Gasteiger partial charge in [0.25, 0.3) is 0 Å². The van der Waals surface area contributed by atoms with Gasteiger partial charge in [0.2, 0.25) is 0 Å². The van der Waals surface area contributed by atoms with Crippen LogP contribution in [0.15, 0.2) is 11.8 Å². The molecule has 12 heavy (non-hydrogen) atoms. The normalized spacial score (nSPS) is 22.6. The standard InChI is InChI=1S/C10H20N2/c1-4-10(2)12-7-5-6-11(3)8-9-12/h4H,5-9H2,1-3H3/b10-4+. The monoisotopic (exact) mass is 168 g/mol. The highest BCUT2D eigenvalue weighted by Crippen LogP contribution is 2.07. The lowest BCUT2D eigenvalue weighted by Gasteiger charge is -2.22. The first-order chi connectivity index (χ1) is 5.74. The lowest BCUT2D eigenvalue weighted by Crippen LogP contribution is -2.27. The van der Waals surface area contributed by atoms with Crippen LogP contribution in [0.5, 0.6) is 0 Å². The first kappa shape index (κ1) is 9.59. The third-order valence-corrected chi connectivity index (χ3v) is 2.64. The first-order valence-electron chi connectivity index (χ1n) is 4.80. The van der Waals surface area contributed by atoms with Gasteiger partial charge in [-0.25, -0.2) is 0 Å². The van der Waals surface area contributed by atoms with Gasteiger partial charge in [-0.2, -0.15) is 0 Å². The zero-order chi connectivity index (χ0) is 8.97. The van der Waals surface area contributed by atoms with Crippen LogP contribution in [-0.2, 0) is 0 Å². The van der Waals surface area contributed by atoms with Gasteiger partial charge in [0.1, 0.15) is 0 Å². The third kappa shape index (κ3) is 2.52. The summed E-state index contributed by atoms with van der Waals surface area (Å²) in [4.78, 5) is 4.88. The minimum absolute atomic E-state index is 1.19. The van der Waals surface area contributed by atoms with E-state index >= 15 is 0 Å². The molecule has 0 N–H and O–H groups in total. The largest absolute Gasteiger partial charge is 0.374 e. The van der Waals surface area contributed by atoms with Gasteiger partial charge in [-0.1, -0.05) is 6.08 Å². The van der Waals surface area contributed by atoms with Crippen LogP contribution in [0.1, 0.15) is 20.3 Å². The lowest BCUT2D eigenvalue weighted by molar-refractivity contribution is 0.325. The number of likely N-dealkylation sites (N-methyl/N-ethyl adjacent to an activating group) is 1. The molecule has 2 nitrogen and oxygen atoms in total. The van der Waals surface area contributed by atoms with Gasteiger partial charge in [0, 0.05) is 25.3 Å². The average molecular weight is 168 g/mol. The van der Waals surface area contributed by atoms with Crippen molar-refractivity contribution in [3.63, 3.8) is 0 Å². The molecule has 1 aliphatic rings. The molecule has 0 aromatic rings. The van der Waals surface area contributed by atoms with Crippen molar-refractivity contribution in [1.82, 2.24) is 9.80 Å². The quantitative estimate of drug-likeness (QED) is 0.586. The summed E-state index contributed by atoms with van der Waals surface area (Å²) in [5, 5.41) is 0. The highest BCUT2D eigenvalue weighted by molar-refractivity contribution is 4.96. The molecular formula is C10H20N2. The topological polar surface area (TPSA) is 6.48 Å². The van der Waals surface area contributed by atoms with Crippen molar-refractivity contribution in [1.29, 1.82) is 0 Å². The van der Waals surface area contributed by atoms with Crippen LogP contribution in [0, 0.1) is 0 Å². The molecule has 0 aliphatic carbocycles. The van der Waals surface area contributed by atoms with Crippen LogP contribution >= 0.6 is 0 Å².